The van der Waals surface area contributed by atoms with E-state index in [2.05, 4.69) is 17.4 Å². The van der Waals surface area contributed by atoms with E-state index in [0.717, 1.165) is 17.0 Å². The maximum atomic E-state index is 12.3. The smallest absolute Gasteiger partial charge is 0.325 e. The number of anilines is 1. The first-order chi connectivity index (χ1) is 13.0. The van der Waals surface area contributed by atoms with Crippen LogP contribution in [0.1, 0.15) is 25.0 Å². The standard InChI is InChI=1S/C21H26N2O4/c1-4-27-21(25)19(23-22-17-10-12-18(26-3)13-11-17)14-15(2)20(24)16-8-6-5-7-9-16/h5-13,19-20,22-24H,2,4,14H2,1,3H3. The molecule has 0 aliphatic carbocycles. The Bertz CT molecular complexity index is 732. The average molecular weight is 370 g/mol. The van der Waals surface area contributed by atoms with Gasteiger partial charge in [-0.1, -0.05) is 36.9 Å². The van der Waals surface area contributed by atoms with Gasteiger partial charge in [0, 0.05) is 5.69 Å². The fourth-order valence-corrected chi connectivity index (χ4v) is 2.53. The lowest BCUT2D eigenvalue weighted by molar-refractivity contribution is -0.145. The van der Waals surface area contributed by atoms with E-state index >= 15 is 0 Å². The Labute approximate surface area is 159 Å². The van der Waals surface area contributed by atoms with E-state index in [1.54, 1.807) is 14.0 Å². The number of aliphatic hydroxyl groups is 1. The van der Waals surface area contributed by atoms with Crippen LogP contribution in [0.25, 0.3) is 0 Å². The van der Waals surface area contributed by atoms with Gasteiger partial charge in [-0.25, -0.2) is 5.43 Å². The van der Waals surface area contributed by atoms with Crippen LogP contribution >= 0.6 is 0 Å². The zero-order chi connectivity index (χ0) is 19.6. The van der Waals surface area contributed by atoms with Gasteiger partial charge in [-0.05, 0) is 48.7 Å². The van der Waals surface area contributed by atoms with Crippen LogP contribution in [-0.4, -0.2) is 30.8 Å². The Morgan fingerprint density at radius 2 is 1.81 bits per heavy atom. The normalized spacial score (nSPS) is 12.7. The van der Waals surface area contributed by atoms with Crippen LogP contribution in [0.2, 0.25) is 0 Å². The van der Waals surface area contributed by atoms with Gasteiger partial charge in [-0.2, -0.15) is 0 Å². The van der Waals surface area contributed by atoms with E-state index in [0.29, 0.717) is 5.57 Å². The van der Waals surface area contributed by atoms with Crippen molar-refractivity contribution in [2.45, 2.75) is 25.5 Å². The third kappa shape index (κ3) is 6.13. The molecule has 2 unspecified atom stereocenters. The molecule has 0 aliphatic heterocycles. The minimum absolute atomic E-state index is 0.220. The first-order valence-corrected chi connectivity index (χ1v) is 8.78. The summed E-state index contributed by atoms with van der Waals surface area (Å²) in [6.45, 7) is 5.97. The summed E-state index contributed by atoms with van der Waals surface area (Å²) in [5, 5.41) is 10.5. The van der Waals surface area contributed by atoms with Crippen molar-refractivity contribution in [3.05, 3.63) is 72.3 Å². The zero-order valence-electron chi connectivity index (χ0n) is 15.6. The molecule has 27 heavy (non-hydrogen) atoms. The second-order valence-corrected chi connectivity index (χ2v) is 5.98. The van der Waals surface area contributed by atoms with Crippen molar-refractivity contribution in [3.8, 4) is 5.75 Å². The number of benzene rings is 2. The molecule has 6 nitrogen and oxygen atoms in total. The van der Waals surface area contributed by atoms with Crippen LogP contribution in [-0.2, 0) is 9.53 Å². The van der Waals surface area contributed by atoms with E-state index in [4.69, 9.17) is 9.47 Å². The molecule has 0 radical (unpaired) electrons. The van der Waals surface area contributed by atoms with Gasteiger partial charge in [-0.15, -0.1) is 0 Å². The van der Waals surface area contributed by atoms with Crippen molar-refractivity contribution in [1.82, 2.24) is 5.43 Å². The molecule has 0 aliphatic rings. The Kier molecular flexibility index (Phi) is 7.85. The molecule has 0 spiro atoms. The predicted octanol–water partition coefficient (Wildman–Crippen LogP) is 3.22. The maximum absolute atomic E-state index is 12.3. The minimum atomic E-state index is -0.856. The number of hydrazine groups is 1. The second-order valence-electron chi connectivity index (χ2n) is 5.98. The average Bonchev–Trinajstić information content (AvgIpc) is 2.71. The van der Waals surface area contributed by atoms with E-state index < -0.39 is 18.1 Å². The van der Waals surface area contributed by atoms with Crippen LogP contribution in [0.5, 0.6) is 5.75 Å². The Morgan fingerprint density at radius 3 is 2.41 bits per heavy atom. The van der Waals surface area contributed by atoms with E-state index in [-0.39, 0.29) is 13.0 Å². The lowest BCUT2D eigenvalue weighted by atomic mass is 9.97. The number of rotatable bonds is 10. The Balaban J connectivity index is 2.02. The number of ether oxygens (including phenoxy) is 2. The van der Waals surface area contributed by atoms with Gasteiger partial charge >= 0.3 is 5.97 Å². The third-order valence-corrected chi connectivity index (χ3v) is 4.02. The molecule has 2 rings (SSSR count). The van der Waals surface area contributed by atoms with Gasteiger partial charge < -0.3 is 20.0 Å². The quantitative estimate of drug-likeness (QED) is 0.339. The molecule has 0 saturated heterocycles. The van der Waals surface area contributed by atoms with Crippen LogP contribution < -0.4 is 15.6 Å². The number of hydrogen-bond donors (Lipinski definition) is 3. The molecule has 2 aromatic rings. The summed E-state index contributed by atoms with van der Waals surface area (Å²) in [5.74, 6) is 0.321. The maximum Gasteiger partial charge on any atom is 0.325 e. The molecular formula is C21H26N2O4. The summed E-state index contributed by atoms with van der Waals surface area (Å²) in [4.78, 5) is 12.3. The number of carbonyl (C=O) groups is 1. The van der Waals surface area contributed by atoms with Crippen molar-refractivity contribution in [3.63, 3.8) is 0 Å². The molecule has 3 N–H and O–H groups in total. The summed E-state index contributed by atoms with van der Waals surface area (Å²) >= 11 is 0. The minimum Gasteiger partial charge on any atom is -0.497 e. The molecule has 0 heterocycles. The van der Waals surface area contributed by atoms with Crippen LogP contribution in [0.4, 0.5) is 5.69 Å². The first-order valence-electron chi connectivity index (χ1n) is 8.78. The Hall–Kier alpha value is -2.83. The van der Waals surface area contributed by atoms with Crippen LogP contribution in [0.15, 0.2) is 66.7 Å². The molecule has 144 valence electrons. The summed E-state index contributed by atoms with van der Waals surface area (Å²) in [5.41, 5.74) is 7.96. The highest BCUT2D eigenvalue weighted by molar-refractivity contribution is 5.76. The van der Waals surface area contributed by atoms with Crippen molar-refractivity contribution < 1.29 is 19.4 Å². The highest BCUT2D eigenvalue weighted by atomic mass is 16.5. The number of methoxy groups -OCH3 is 1. The van der Waals surface area contributed by atoms with Crippen LogP contribution in [0, 0.1) is 0 Å². The molecule has 0 fully saturated rings. The summed E-state index contributed by atoms with van der Waals surface area (Å²) < 4.78 is 10.3. The lowest BCUT2D eigenvalue weighted by Gasteiger charge is -2.22. The fraction of sp³-hybridized carbons (Fsp3) is 0.286. The van der Waals surface area contributed by atoms with E-state index in [9.17, 15) is 9.90 Å². The van der Waals surface area contributed by atoms with E-state index in [1.807, 2.05) is 54.6 Å². The summed E-state index contributed by atoms with van der Waals surface area (Å²) in [7, 11) is 1.60. The highest BCUT2D eigenvalue weighted by Gasteiger charge is 2.23. The predicted molar refractivity (Wildman–Crippen MR) is 105 cm³/mol. The van der Waals surface area contributed by atoms with Crippen molar-refractivity contribution in [2.24, 2.45) is 0 Å². The van der Waals surface area contributed by atoms with Crippen molar-refractivity contribution in [1.29, 1.82) is 0 Å². The van der Waals surface area contributed by atoms with Crippen molar-refractivity contribution in [2.75, 3.05) is 19.1 Å². The van der Waals surface area contributed by atoms with Gasteiger partial charge in [0.05, 0.1) is 19.8 Å². The zero-order valence-corrected chi connectivity index (χ0v) is 15.6. The highest BCUT2D eigenvalue weighted by Crippen LogP contribution is 2.24. The number of hydrogen-bond acceptors (Lipinski definition) is 6. The summed E-state index contributed by atoms with van der Waals surface area (Å²) in [6, 6.07) is 15.8. The van der Waals surface area contributed by atoms with Crippen molar-refractivity contribution >= 4 is 11.7 Å². The number of esters is 1. The molecule has 0 aromatic heterocycles. The molecular weight excluding hydrogens is 344 g/mol. The van der Waals surface area contributed by atoms with Gasteiger partial charge in [0.15, 0.2) is 0 Å². The molecule has 0 bridgehead atoms. The SMILES string of the molecule is C=C(CC(NNc1ccc(OC)cc1)C(=O)OCC)C(O)c1ccccc1. The lowest BCUT2D eigenvalue weighted by Crippen LogP contribution is -2.42. The molecule has 0 saturated carbocycles. The first kappa shape index (κ1) is 20.5. The fourth-order valence-electron chi connectivity index (χ4n) is 2.53. The molecule has 2 aromatic carbocycles. The van der Waals surface area contributed by atoms with Gasteiger partial charge in [0.1, 0.15) is 11.8 Å². The largest absolute Gasteiger partial charge is 0.497 e. The van der Waals surface area contributed by atoms with E-state index in [1.165, 1.54) is 0 Å². The second kappa shape index (κ2) is 10.4. The number of aliphatic hydroxyl groups excluding tert-OH is 1. The van der Waals surface area contributed by atoms with Gasteiger partial charge in [-0.3, -0.25) is 4.79 Å². The number of carbonyl (C=O) groups excluding carboxylic acids is 1. The van der Waals surface area contributed by atoms with Crippen LogP contribution in [0.3, 0.4) is 0 Å². The topological polar surface area (TPSA) is 79.8 Å². The number of nitrogens with one attached hydrogen (secondary N) is 2. The monoisotopic (exact) mass is 370 g/mol. The van der Waals surface area contributed by atoms with Gasteiger partial charge in [0.2, 0.25) is 0 Å². The summed E-state index contributed by atoms with van der Waals surface area (Å²) in [6.07, 6.45) is -0.635. The molecule has 2 atom stereocenters. The Morgan fingerprint density at radius 1 is 1.15 bits per heavy atom. The third-order valence-electron chi connectivity index (χ3n) is 4.02. The molecule has 6 heteroatoms. The van der Waals surface area contributed by atoms with Gasteiger partial charge in [0.25, 0.3) is 0 Å². The molecule has 0 amide bonds.